The van der Waals surface area contributed by atoms with Crippen molar-refractivity contribution in [1.29, 1.82) is 0 Å². The summed E-state index contributed by atoms with van der Waals surface area (Å²) in [5, 5.41) is 2.72. The second kappa shape index (κ2) is 8.62. The number of nitrogens with one attached hydrogen (secondary N) is 1. The quantitative estimate of drug-likeness (QED) is 0.567. The van der Waals surface area contributed by atoms with E-state index in [0.29, 0.717) is 23.3 Å². The van der Waals surface area contributed by atoms with Gasteiger partial charge >= 0.3 is 6.09 Å². The summed E-state index contributed by atoms with van der Waals surface area (Å²) in [5.74, 6) is -0.323. The zero-order valence-electron chi connectivity index (χ0n) is 16.0. The van der Waals surface area contributed by atoms with E-state index in [-0.39, 0.29) is 5.75 Å². The van der Waals surface area contributed by atoms with Gasteiger partial charge in [-0.25, -0.2) is 9.78 Å². The Hall–Kier alpha value is -2.26. The van der Waals surface area contributed by atoms with Crippen molar-refractivity contribution in [3.05, 3.63) is 35.7 Å². The van der Waals surface area contributed by atoms with Crippen molar-refractivity contribution in [2.45, 2.75) is 45.0 Å². The van der Waals surface area contributed by atoms with Gasteiger partial charge in [0.25, 0.3) is 10.1 Å². The summed E-state index contributed by atoms with van der Waals surface area (Å²) in [4.78, 5) is 20.2. The van der Waals surface area contributed by atoms with Gasteiger partial charge in [0, 0.05) is 6.54 Å². The highest BCUT2D eigenvalue weighted by atomic mass is 32.2. The Bertz CT molecular complexity index is 907. The fraction of sp³-hybridized carbons (Fsp3) is 0.500. The SMILES string of the molecule is COS(=O)(=O)Cc1cnc2ccc(CCCNC(=O)OC(C)(C)C)cc2n1. The molecular formula is C18H25N3O5S. The zero-order valence-corrected chi connectivity index (χ0v) is 16.8. The third-order valence-corrected chi connectivity index (χ3v) is 4.70. The molecule has 1 heterocycles. The van der Waals surface area contributed by atoms with Crippen LogP contribution in [0.25, 0.3) is 11.0 Å². The molecule has 1 N–H and O–H groups in total. The number of ether oxygens (including phenoxy) is 1. The maximum atomic E-state index is 11.6. The molecule has 2 rings (SSSR count). The Morgan fingerprint density at radius 3 is 2.63 bits per heavy atom. The summed E-state index contributed by atoms with van der Waals surface area (Å²) in [6, 6.07) is 5.66. The first-order valence-electron chi connectivity index (χ1n) is 8.58. The summed E-state index contributed by atoms with van der Waals surface area (Å²) in [5.41, 5.74) is 2.14. The van der Waals surface area contributed by atoms with E-state index < -0.39 is 21.8 Å². The molecule has 8 nitrogen and oxygen atoms in total. The van der Waals surface area contributed by atoms with Crippen LogP contribution in [0.15, 0.2) is 24.4 Å². The van der Waals surface area contributed by atoms with E-state index >= 15 is 0 Å². The van der Waals surface area contributed by atoms with Crippen LogP contribution in [0.4, 0.5) is 4.79 Å². The Balaban J connectivity index is 1.96. The number of hydrogen-bond acceptors (Lipinski definition) is 7. The van der Waals surface area contributed by atoms with Gasteiger partial charge in [-0.2, -0.15) is 8.42 Å². The van der Waals surface area contributed by atoms with Gasteiger partial charge in [0.15, 0.2) is 0 Å². The van der Waals surface area contributed by atoms with Gasteiger partial charge in [-0.3, -0.25) is 9.17 Å². The molecule has 0 radical (unpaired) electrons. The van der Waals surface area contributed by atoms with Crippen molar-refractivity contribution >= 4 is 27.2 Å². The third kappa shape index (κ3) is 7.10. The van der Waals surface area contributed by atoms with Crippen molar-refractivity contribution in [2.24, 2.45) is 0 Å². The molecular weight excluding hydrogens is 370 g/mol. The van der Waals surface area contributed by atoms with E-state index in [0.717, 1.165) is 25.5 Å². The van der Waals surface area contributed by atoms with Crippen LogP contribution in [0.2, 0.25) is 0 Å². The van der Waals surface area contributed by atoms with Crippen LogP contribution < -0.4 is 5.32 Å². The fourth-order valence-electron chi connectivity index (χ4n) is 2.36. The first-order chi connectivity index (χ1) is 12.6. The van der Waals surface area contributed by atoms with Gasteiger partial charge in [0.2, 0.25) is 0 Å². The monoisotopic (exact) mass is 395 g/mol. The number of rotatable bonds is 7. The number of alkyl carbamates (subject to hydrolysis) is 1. The molecule has 148 valence electrons. The van der Waals surface area contributed by atoms with Crippen LogP contribution in [0, 0.1) is 0 Å². The van der Waals surface area contributed by atoms with E-state index in [4.69, 9.17) is 4.74 Å². The molecule has 0 bridgehead atoms. The summed E-state index contributed by atoms with van der Waals surface area (Å²) in [6.07, 6.45) is 2.46. The zero-order chi connectivity index (χ0) is 20.1. The van der Waals surface area contributed by atoms with E-state index in [1.54, 1.807) is 0 Å². The number of fused-ring (bicyclic) bond motifs is 1. The van der Waals surface area contributed by atoms with Gasteiger partial charge in [0.05, 0.1) is 30.0 Å². The lowest BCUT2D eigenvalue weighted by atomic mass is 10.1. The van der Waals surface area contributed by atoms with Crippen LogP contribution in [-0.4, -0.2) is 43.7 Å². The smallest absolute Gasteiger partial charge is 0.407 e. The molecule has 0 fully saturated rings. The summed E-state index contributed by atoms with van der Waals surface area (Å²) >= 11 is 0. The molecule has 1 aromatic carbocycles. The lowest BCUT2D eigenvalue weighted by Crippen LogP contribution is -2.33. The Morgan fingerprint density at radius 1 is 1.22 bits per heavy atom. The summed E-state index contributed by atoms with van der Waals surface area (Å²) in [7, 11) is -2.53. The largest absolute Gasteiger partial charge is 0.444 e. The van der Waals surface area contributed by atoms with Crippen molar-refractivity contribution in [3.63, 3.8) is 0 Å². The second-order valence-electron chi connectivity index (χ2n) is 7.09. The van der Waals surface area contributed by atoms with Crippen LogP contribution >= 0.6 is 0 Å². The third-order valence-electron chi connectivity index (χ3n) is 3.55. The topological polar surface area (TPSA) is 107 Å². The number of aryl methyl sites for hydroxylation is 1. The summed E-state index contributed by atoms with van der Waals surface area (Å²) < 4.78 is 32.7. The van der Waals surface area contributed by atoms with Crippen LogP contribution in [0.1, 0.15) is 38.4 Å². The molecule has 0 saturated heterocycles. The van der Waals surface area contributed by atoms with Gasteiger partial charge < -0.3 is 10.1 Å². The maximum absolute atomic E-state index is 11.6. The highest BCUT2D eigenvalue weighted by Gasteiger charge is 2.15. The molecule has 0 aliphatic carbocycles. The van der Waals surface area contributed by atoms with Gasteiger partial charge in [-0.15, -0.1) is 0 Å². The Labute approximate surface area is 159 Å². The molecule has 2 aromatic rings. The van der Waals surface area contributed by atoms with Gasteiger partial charge in [-0.1, -0.05) is 6.07 Å². The average molecular weight is 395 g/mol. The van der Waals surface area contributed by atoms with E-state index in [2.05, 4.69) is 19.5 Å². The average Bonchev–Trinajstić information content (AvgIpc) is 2.56. The highest BCUT2D eigenvalue weighted by Crippen LogP contribution is 2.15. The van der Waals surface area contributed by atoms with Crippen molar-refractivity contribution < 1.29 is 22.1 Å². The molecule has 1 amide bonds. The standard InChI is InChI=1S/C18H25N3O5S/c1-18(2,3)26-17(22)19-9-5-6-13-7-8-15-16(10-13)21-14(11-20-15)12-27(23,24)25-4/h7-8,10-11H,5-6,9,12H2,1-4H3,(H,19,22). The van der Waals surface area contributed by atoms with Crippen molar-refractivity contribution in [1.82, 2.24) is 15.3 Å². The molecule has 1 aromatic heterocycles. The van der Waals surface area contributed by atoms with Crippen LogP contribution in [-0.2, 0) is 31.2 Å². The minimum Gasteiger partial charge on any atom is -0.444 e. The Kier molecular flexibility index (Phi) is 6.72. The first-order valence-corrected chi connectivity index (χ1v) is 10.2. The van der Waals surface area contributed by atoms with Crippen molar-refractivity contribution in [3.8, 4) is 0 Å². The molecule has 0 saturated carbocycles. The molecule has 0 aliphatic heterocycles. The molecule has 0 aliphatic rings. The van der Waals surface area contributed by atoms with Crippen molar-refractivity contribution in [2.75, 3.05) is 13.7 Å². The molecule has 9 heteroatoms. The van der Waals surface area contributed by atoms with Crippen LogP contribution in [0.5, 0.6) is 0 Å². The normalized spacial score (nSPS) is 12.1. The molecule has 0 atom stereocenters. The lowest BCUT2D eigenvalue weighted by molar-refractivity contribution is 0.0527. The van der Waals surface area contributed by atoms with E-state index in [1.165, 1.54) is 6.20 Å². The molecule has 27 heavy (non-hydrogen) atoms. The number of carbonyl (C=O) groups is 1. The van der Waals surface area contributed by atoms with Crippen LogP contribution in [0.3, 0.4) is 0 Å². The number of aromatic nitrogens is 2. The number of carbonyl (C=O) groups excluding carboxylic acids is 1. The predicted molar refractivity (Wildman–Crippen MR) is 102 cm³/mol. The number of benzene rings is 1. The number of hydrogen-bond donors (Lipinski definition) is 1. The fourth-order valence-corrected chi connectivity index (χ4v) is 2.98. The predicted octanol–water partition coefficient (Wildman–Crippen LogP) is 2.56. The number of nitrogens with zero attached hydrogens (tertiary/aromatic N) is 2. The molecule has 0 spiro atoms. The first kappa shape index (κ1) is 21.0. The molecule has 0 unspecified atom stereocenters. The Morgan fingerprint density at radius 2 is 1.96 bits per heavy atom. The second-order valence-corrected chi connectivity index (χ2v) is 8.82. The van der Waals surface area contributed by atoms with Gasteiger partial charge in [-0.05, 0) is 51.3 Å². The lowest BCUT2D eigenvalue weighted by Gasteiger charge is -2.19. The minimum atomic E-state index is -3.64. The van der Waals surface area contributed by atoms with Gasteiger partial charge in [0.1, 0.15) is 11.4 Å². The number of amides is 1. The van der Waals surface area contributed by atoms with E-state index in [9.17, 15) is 13.2 Å². The summed E-state index contributed by atoms with van der Waals surface area (Å²) in [6.45, 7) is 5.93. The minimum absolute atomic E-state index is 0.323. The van der Waals surface area contributed by atoms with E-state index in [1.807, 2.05) is 39.0 Å². The highest BCUT2D eigenvalue weighted by molar-refractivity contribution is 7.85. The maximum Gasteiger partial charge on any atom is 0.407 e.